The minimum Gasteiger partial charge on any atom is -0.356 e. The molecule has 1 aliphatic heterocycles. The number of hydrogen-bond acceptors (Lipinski definition) is 3. The van der Waals surface area contributed by atoms with Gasteiger partial charge < -0.3 is 10.6 Å². The van der Waals surface area contributed by atoms with Crippen molar-refractivity contribution >= 4 is 29.9 Å². The van der Waals surface area contributed by atoms with Gasteiger partial charge in [-0.15, -0.1) is 24.0 Å². The Kier molecular flexibility index (Phi) is 10.3. The molecule has 0 radical (unpaired) electrons. The summed E-state index contributed by atoms with van der Waals surface area (Å²) in [6.07, 6.45) is 8.85. The van der Waals surface area contributed by atoms with Crippen LogP contribution in [0.2, 0.25) is 0 Å². The zero-order valence-corrected chi connectivity index (χ0v) is 19.1. The Morgan fingerprint density at radius 3 is 2.57 bits per heavy atom. The number of aryl methyl sites for hydroxylation is 1. The molecule has 1 aliphatic rings. The third kappa shape index (κ3) is 7.43. The predicted molar refractivity (Wildman–Crippen MR) is 126 cm³/mol. The highest BCUT2D eigenvalue weighted by Gasteiger charge is 2.12. The first-order valence-corrected chi connectivity index (χ1v) is 10.1. The summed E-state index contributed by atoms with van der Waals surface area (Å²) in [4.78, 5) is 6.92. The summed E-state index contributed by atoms with van der Waals surface area (Å²) in [5, 5.41) is 11.1. The van der Waals surface area contributed by atoms with Gasteiger partial charge >= 0.3 is 0 Å². The van der Waals surface area contributed by atoms with Crippen molar-refractivity contribution in [3.63, 3.8) is 0 Å². The Hall–Kier alpha value is -1.61. The van der Waals surface area contributed by atoms with Gasteiger partial charge in [0.25, 0.3) is 0 Å². The number of aromatic nitrogens is 2. The fourth-order valence-corrected chi connectivity index (χ4v) is 3.52. The highest BCUT2D eigenvalue weighted by Crippen LogP contribution is 2.16. The number of nitrogens with zero attached hydrogens (tertiary/aromatic N) is 4. The molecule has 3 rings (SSSR count). The molecule has 1 aromatic carbocycles. The lowest BCUT2D eigenvalue weighted by molar-refractivity contribution is 0.220. The second kappa shape index (κ2) is 12.8. The van der Waals surface area contributed by atoms with E-state index >= 15 is 0 Å². The Bertz CT molecular complexity index is 695. The van der Waals surface area contributed by atoms with E-state index in [1.165, 1.54) is 43.5 Å². The maximum atomic E-state index is 4.34. The van der Waals surface area contributed by atoms with Gasteiger partial charge in [0.15, 0.2) is 5.96 Å². The number of hydrogen-bond donors (Lipinski definition) is 2. The van der Waals surface area contributed by atoms with Crippen LogP contribution in [0.4, 0.5) is 0 Å². The average molecular weight is 496 g/mol. The van der Waals surface area contributed by atoms with E-state index in [1.54, 1.807) is 0 Å². The molecule has 1 saturated heterocycles. The topological polar surface area (TPSA) is 57.5 Å². The molecule has 0 spiro atoms. The summed E-state index contributed by atoms with van der Waals surface area (Å²) < 4.78 is 1.95. The quantitative estimate of drug-likeness (QED) is 0.255. The lowest BCUT2D eigenvalue weighted by Gasteiger charge is -2.27. The second-order valence-corrected chi connectivity index (χ2v) is 7.08. The van der Waals surface area contributed by atoms with Gasteiger partial charge in [0.1, 0.15) is 0 Å². The van der Waals surface area contributed by atoms with E-state index in [9.17, 15) is 0 Å². The largest absolute Gasteiger partial charge is 0.356 e. The fourth-order valence-electron chi connectivity index (χ4n) is 3.52. The van der Waals surface area contributed by atoms with Gasteiger partial charge in [-0.1, -0.05) is 30.7 Å². The minimum absolute atomic E-state index is 0. The van der Waals surface area contributed by atoms with E-state index < -0.39 is 0 Å². The molecule has 6 nitrogen and oxygen atoms in total. The highest BCUT2D eigenvalue weighted by molar-refractivity contribution is 14.0. The number of aliphatic imine (C=N–C) groups is 1. The molecule has 7 heteroatoms. The van der Waals surface area contributed by atoms with Gasteiger partial charge in [0.2, 0.25) is 0 Å². The van der Waals surface area contributed by atoms with Gasteiger partial charge in [-0.25, -0.2) is 0 Å². The Morgan fingerprint density at radius 2 is 1.86 bits per heavy atom. The summed E-state index contributed by atoms with van der Waals surface area (Å²) in [5.41, 5.74) is 2.77. The van der Waals surface area contributed by atoms with Gasteiger partial charge in [-0.3, -0.25) is 14.6 Å². The number of guanidine groups is 1. The lowest BCUT2D eigenvalue weighted by atomic mass is 10.0. The molecule has 0 saturated carbocycles. The van der Waals surface area contributed by atoms with E-state index in [0.717, 1.165) is 38.6 Å². The standard InChI is InChI=1S/C21H32N6.HI/c1-22-21(23-11-7-15-27-16-8-12-25-27)24-17-19-9-3-4-10-20(19)18-26-13-5-2-6-14-26;/h3-4,8-10,12,16H,2,5-7,11,13-15,17-18H2,1H3,(H2,22,23,24);1H. The van der Waals surface area contributed by atoms with Crippen molar-refractivity contribution in [1.29, 1.82) is 0 Å². The summed E-state index contributed by atoms with van der Waals surface area (Å²) in [5.74, 6) is 0.850. The zero-order chi connectivity index (χ0) is 18.7. The van der Waals surface area contributed by atoms with E-state index in [0.29, 0.717) is 0 Å². The van der Waals surface area contributed by atoms with Crippen molar-refractivity contribution in [2.24, 2.45) is 4.99 Å². The molecular weight excluding hydrogens is 463 g/mol. The van der Waals surface area contributed by atoms with Crippen molar-refractivity contribution in [2.75, 3.05) is 26.7 Å². The van der Waals surface area contributed by atoms with Gasteiger partial charge in [0, 0.05) is 45.6 Å². The van der Waals surface area contributed by atoms with E-state index in [2.05, 4.69) is 49.9 Å². The van der Waals surface area contributed by atoms with Crippen molar-refractivity contribution < 1.29 is 0 Å². The first kappa shape index (κ1) is 22.7. The number of likely N-dealkylation sites (tertiary alicyclic amines) is 1. The third-order valence-electron chi connectivity index (χ3n) is 5.05. The summed E-state index contributed by atoms with van der Waals surface area (Å²) in [6.45, 7) is 6.07. The molecule has 2 heterocycles. The molecule has 1 aromatic heterocycles. The number of halogens is 1. The lowest BCUT2D eigenvalue weighted by Crippen LogP contribution is -2.38. The maximum absolute atomic E-state index is 4.34. The second-order valence-electron chi connectivity index (χ2n) is 7.08. The van der Waals surface area contributed by atoms with Crippen LogP contribution < -0.4 is 10.6 Å². The van der Waals surface area contributed by atoms with Crippen molar-refractivity contribution in [2.45, 2.75) is 45.3 Å². The van der Waals surface area contributed by atoms with Crippen LogP contribution >= 0.6 is 24.0 Å². The molecule has 2 aromatic rings. The van der Waals surface area contributed by atoms with Crippen molar-refractivity contribution in [1.82, 2.24) is 25.3 Å². The Morgan fingerprint density at radius 1 is 1.07 bits per heavy atom. The SMILES string of the molecule is CN=C(NCCCn1cccn1)NCc1ccccc1CN1CCCCC1.I. The van der Waals surface area contributed by atoms with E-state index in [4.69, 9.17) is 0 Å². The number of rotatable bonds is 8. The van der Waals surface area contributed by atoms with Gasteiger partial charge in [-0.05, 0) is 49.5 Å². The molecule has 0 bridgehead atoms. The molecule has 0 unspecified atom stereocenters. The van der Waals surface area contributed by atoms with Crippen LogP contribution in [0.3, 0.4) is 0 Å². The maximum Gasteiger partial charge on any atom is 0.191 e. The van der Waals surface area contributed by atoms with Crippen LogP contribution in [0.1, 0.15) is 36.8 Å². The third-order valence-corrected chi connectivity index (χ3v) is 5.05. The smallest absolute Gasteiger partial charge is 0.191 e. The predicted octanol–water partition coefficient (Wildman–Crippen LogP) is 3.24. The minimum atomic E-state index is 0. The van der Waals surface area contributed by atoms with Gasteiger partial charge in [-0.2, -0.15) is 5.10 Å². The van der Waals surface area contributed by atoms with Crippen molar-refractivity contribution in [3.05, 3.63) is 53.9 Å². The Labute approximate surface area is 185 Å². The van der Waals surface area contributed by atoms with E-state index in [1.807, 2.05) is 30.2 Å². The number of nitrogens with one attached hydrogen (secondary N) is 2. The molecule has 2 N–H and O–H groups in total. The first-order valence-electron chi connectivity index (χ1n) is 10.1. The van der Waals surface area contributed by atoms with Crippen LogP contribution in [-0.2, 0) is 19.6 Å². The van der Waals surface area contributed by atoms with Crippen LogP contribution in [0.15, 0.2) is 47.7 Å². The highest BCUT2D eigenvalue weighted by atomic mass is 127. The van der Waals surface area contributed by atoms with E-state index in [-0.39, 0.29) is 24.0 Å². The zero-order valence-electron chi connectivity index (χ0n) is 16.8. The summed E-state index contributed by atoms with van der Waals surface area (Å²) >= 11 is 0. The summed E-state index contributed by atoms with van der Waals surface area (Å²) in [6, 6.07) is 10.7. The molecule has 28 heavy (non-hydrogen) atoms. The molecular formula is C21H33IN6. The average Bonchev–Trinajstić information content (AvgIpc) is 3.23. The molecule has 0 atom stereocenters. The first-order chi connectivity index (χ1) is 13.3. The van der Waals surface area contributed by atoms with Crippen LogP contribution in [-0.4, -0.2) is 47.3 Å². The van der Waals surface area contributed by atoms with Crippen molar-refractivity contribution in [3.8, 4) is 0 Å². The van der Waals surface area contributed by atoms with Crippen LogP contribution in [0.5, 0.6) is 0 Å². The van der Waals surface area contributed by atoms with Crippen LogP contribution in [0, 0.1) is 0 Å². The Balaban J connectivity index is 0.00000280. The number of piperidine rings is 1. The summed E-state index contributed by atoms with van der Waals surface area (Å²) in [7, 11) is 1.82. The van der Waals surface area contributed by atoms with Crippen LogP contribution in [0.25, 0.3) is 0 Å². The molecule has 0 amide bonds. The molecule has 0 aliphatic carbocycles. The van der Waals surface area contributed by atoms with Gasteiger partial charge in [0.05, 0.1) is 0 Å². The molecule has 154 valence electrons. The fraction of sp³-hybridized carbons (Fsp3) is 0.524. The normalized spacial score (nSPS) is 15.1. The number of benzene rings is 1. The molecule has 1 fully saturated rings. The monoisotopic (exact) mass is 496 g/mol.